The first kappa shape index (κ1) is 17.4. The fourth-order valence-electron chi connectivity index (χ4n) is 1.44. The van der Waals surface area contributed by atoms with E-state index in [9.17, 15) is 4.79 Å². The summed E-state index contributed by atoms with van der Waals surface area (Å²) < 4.78 is 15.4. The zero-order valence-electron chi connectivity index (χ0n) is 11.9. The number of carbonyl (C=O) groups excluding carboxylic acids is 1. The van der Waals surface area contributed by atoms with Gasteiger partial charge in [-0.25, -0.2) is 0 Å². The molecule has 5 nitrogen and oxygen atoms in total. The van der Waals surface area contributed by atoms with Gasteiger partial charge in [0.1, 0.15) is 6.61 Å². The van der Waals surface area contributed by atoms with E-state index in [1.165, 1.54) is 0 Å². The minimum atomic E-state index is -0.157. The summed E-state index contributed by atoms with van der Waals surface area (Å²) in [4.78, 5) is 13.6. The van der Waals surface area contributed by atoms with Crippen LogP contribution >= 0.6 is 0 Å². The molecule has 0 N–H and O–H groups in total. The van der Waals surface area contributed by atoms with Crippen LogP contribution < -0.4 is 0 Å². The minimum Gasteiger partial charge on any atom is -0.463 e. The summed E-state index contributed by atoms with van der Waals surface area (Å²) in [7, 11) is 0. The predicted octanol–water partition coefficient (Wildman–Crippen LogP) is 1.31. The lowest BCUT2D eigenvalue weighted by atomic mass is 10.4. The standard InChI is InChI=1S/C13H27NO4/c1-4-14(5-2)8-7-13(15)18-12-11-17-10-9-16-6-3/h4-12H2,1-3H3. The van der Waals surface area contributed by atoms with Crippen LogP contribution in [0, 0.1) is 0 Å². The van der Waals surface area contributed by atoms with Crippen molar-refractivity contribution in [2.45, 2.75) is 27.2 Å². The quantitative estimate of drug-likeness (QED) is 0.391. The maximum Gasteiger partial charge on any atom is 0.307 e. The minimum absolute atomic E-state index is 0.157. The topological polar surface area (TPSA) is 48.0 Å². The van der Waals surface area contributed by atoms with E-state index in [0.717, 1.165) is 19.6 Å². The zero-order chi connectivity index (χ0) is 13.6. The number of nitrogens with zero attached hydrogens (tertiary/aromatic N) is 1. The summed E-state index contributed by atoms with van der Waals surface area (Å²) in [5.41, 5.74) is 0. The largest absolute Gasteiger partial charge is 0.463 e. The zero-order valence-corrected chi connectivity index (χ0v) is 11.9. The van der Waals surface area contributed by atoms with Crippen molar-refractivity contribution in [3.63, 3.8) is 0 Å². The Kier molecular flexibility index (Phi) is 12.3. The van der Waals surface area contributed by atoms with E-state index in [2.05, 4.69) is 18.7 Å². The SMILES string of the molecule is CCOCCOCCOC(=O)CCN(CC)CC. The Labute approximate surface area is 110 Å². The van der Waals surface area contributed by atoms with Gasteiger partial charge in [0.15, 0.2) is 0 Å². The lowest BCUT2D eigenvalue weighted by Gasteiger charge is -2.16. The van der Waals surface area contributed by atoms with Crippen LogP contribution in [-0.2, 0) is 19.0 Å². The van der Waals surface area contributed by atoms with E-state index in [-0.39, 0.29) is 5.97 Å². The van der Waals surface area contributed by atoms with Gasteiger partial charge in [-0.3, -0.25) is 4.79 Å². The molecule has 0 saturated heterocycles. The molecule has 5 heteroatoms. The molecule has 108 valence electrons. The average Bonchev–Trinajstić information content (AvgIpc) is 2.39. The number of esters is 1. The van der Waals surface area contributed by atoms with Crippen LogP contribution in [0.2, 0.25) is 0 Å². The first-order valence-corrected chi connectivity index (χ1v) is 6.78. The first-order chi connectivity index (χ1) is 8.74. The smallest absolute Gasteiger partial charge is 0.307 e. The molecule has 0 aliphatic carbocycles. The van der Waals surface area contributed by atoms with Crippen molar-refractivity contribution in [3.05, 3.63) is 0 Å². The Morgan fingerprint density at radius 2 is 1.56 bits per heavy atom. The summed E-state index contributed by atoms with van der Waals surface area (Å²) in [5, 5.41) is 0. The third-order valence-electron chi connectivity index (χ3n) is 2.59. The Morgan fingerprint density at radius 3 is 2.17 bits per heavy atom. The van der Waals surface area contributed by atoms with E-state index in [1.54, 1.807) is 0 Å². The highest BCUT2D eigenvalue weighted by atomic mass is 16.6. The van der Waals surface area contributed by atoms with Crippen LogP contribution in [0.5, 0.6) is 0 Å². The second-order valence-electron chi connectivity index (χ2n) is 3.81. The molecule has 18 heavy (non-hydrogen) atoms. The fraction of sp³-hybridized carbons (Fsp3) is 0.923. The normalized spacial score (nSPS) is 10.9. The van der Waals surface area contributed by atoms with E-state index in [4.69, 9.17) is 14.2 Å². The Morgan fingerprint density at radius 1 is 0.944 bits per heavy atom. The molecule has 0 aromatic carbocycles. The highest BCUT2D eigenvalue weighted by molar-refractivity contribution is 5.69. The molecule has 0 aliphatic rings. The maximum absolute atomic E-state index is 11.4. The van der Waals surface area contributed by atoms with Crippen molar-refractivity contribution in [2.75, 3.05) is 52.7 Å². The van der Waals surface area contributed by atoms with Gasteiger partial charge in [-0.05, 0) is 20.0 Å². The van der Waals surface area contributed by atoms with E-state index in [1.807, 2.05) is 6.92 Å². The molecule has 0 aliphatic heterocycles. The van der Waals surface area contributed by atoms with Gasteiger partial charge in [0.25, 0.3) is 0 Å². The molecule has 0 aromatic rings. The van der Waals surface area contributed by atoms with Gasteiger partial charge in [0, 0.05) is 13.2 Å². The molecule has 0 rings (SSSR count). The van der Waals surface area contributed by atoms with Crippen molar-refractivity contribution in [2.24, 2.45) is 0 Å². The summed E-state index contributed by atoms with van der Waals surface area (Å²) in [6.45, 7) is 11.4. The highest BCUT2D eigenvalue weighted by Crippen LogP contribution is 1.93. The third kappa shape index (κ3) is 10.5. The molecule has 0 atom stereocenters. The molecule has 0 spiro atoms. The summed E-state index contributed by atoms with van der Waals surface area (Å²) in [6.07, 6.45) is 0.445. The first-order valence-electron chi connectivity index (χ1n) is 6.78. The number of ether oxygens (including phenoxy) is 3. The summed E-state index contributed by atoms with van der Waals surface area (Å²) >= 11 is 0. The van der Waals surface area contributed by atoms with Crippen molar-refractivity contribution < 1.29 is 19.0 Å². The molecule has 0 amide bonds. The lowest BCUT2D eigenvalue weighted by molar-refractivity contribution is -0.145. The van der Waals surface area contributed by atoms with Crippen molar-refractivity contribution in [3.8, 4) is 0 Å². The van der Waals surface area contributed by atoms with Gasteiger partial charge in [-0.2, -0.15) is 0 Å². The molecule has 0 bridgehead atoms. The average molecular weight is 261 g/mol. The van der Waals surface area contributed by atoms with Gasteiger partial charge >= 0.3 is 5.97 Å². The monoisotopic (exact) mass is 261 g/mol. The van der Waals surface area contributed by atoms with Crippen LogP contribution in [0.15, 0.2) is 0 Å². The molecule has 0 heterocycles. The molecule has 0 radical (unpaired) electrons. The Hall–Kier alpha value is -0.650. The van der Waals surface area contributed by atoms with Crippen LogP contribution in [0.1, 0.15) is 27.2 Å². The van der Waals surface area contributed by atoms with Crippen molar-refractivity contribution >= 4 is 5.97 Å². The van der Waals surface area contributed by atoms with E-state index < -0.39 is 0 Å². The van der Waals surface area contributed by atoms with Gasteiger partial charge in [0.2, 0.25) is 0 Å². The van der Waals surface area contributed by atoms with E-state index >= 15 is 0 Å². The Bertz CT molecular complexity index is 195. The van der Waals surface area contributed by atoms with Crippen molar-refractivity contribution in [1.29, 1.82) is 0 Å². The second-order valence-corrected chi connectivity index (χ2v) is 3.81. The second kappa shape index (κ2) is 12.8. The summed E-state index contributed by atoms with van der Waals surface area (Å²) in [6, 6.07) is 0. The van der Waals surface area contributed by atoms with Gasteiger partial charge in [-0.15, -0.1) is 0 Å². The Balaban J connectivity index is 3.31. The van der Waals surface area contributed by atoms with Gasteiger partial charge in [-0.1, -0.05) is 13.8 Å². The fourth-order valence-corrected chi connectivity index (χ4v) is 1.44. The van der Waals surface area contributed by atoms with Gasteiger partial charge < -0.3 is 19.1 Å². The lowest BCUT2D eigenvalue weighted by Crippen LogP contribution is -2.26. The predicted molar refractivity (Wildman–Crippen MR) is 70.7 cm³/mol. The molecular formula is C13H27NO4. The molecular weight excluding hydrogens is 234 g/mol. The maximum atomic E-state index is 11.4. The molecule has 0 saturated carbocycles. The van der Waals surface area contributed by atoms with Gasteiger partial charge in [0.05, 0.1) is 26.2 Å². The van der Waals surface area contributed by atoms with Crippen LogP contribution in [-0.4, -0.2) is 63.5 Å². The third-order valence-corrected chi connectivity index (χ3v) is 2.59. The van der Waals surface area contributed by atoms with E-state index in [0.29, 0.717) is 39.5 Å². The van der Waals surface area contributed by atoms with Crippen LogP contribution in [0.25, 0.3) is 0 Å². The highest BCUT2D eigenvalue weighted by Gasteiger charge is 2.05. The number of hydrogen-bond acceptors (Lipinski definition) is 5. The molecule has 0 aromatic heterocycles. The number of carbonyl (C=O) groups is 1. The van der Waals surface area contributed by atoms with Crippen LogP contribution in [0.3, 0.4) is 0 Å². The number of hydrogen-bond donors (Lipinski definition) is 0. The van der Waals surface area contributed by atoms with Crippen LogP contribution in [0.4, 0.5) is 0 Å². The summed E-state index contributed by atoms with van der Waals surface area (Å²) in [5.74, 6) is -0.157. The van der Waals surface area contributed by atoms with Crippen molar-refractivity contribution in [1.82, 2.24) is 4.90 Å². The molecule has 0 unspecified atom stereocenters. The number of rotatable bonds is 12. The molecule has 0 fully saturated rings.